The Morgan fingerprint density at radius 2 is 1.79 bits per heavy atom. The number of methoxy groups -OCH3 is 2. The Labute approximate surface area is 189 Å². The Morgan fingerprint density at radius 1 is 1.03 bits per heavy atom. The summed E-state index contributed by atoms with van der Waals surface area (Å²) >= 11 is 0. The molecule has 3 aromatic rings. The zero-order chi connectivity index (χ0) is 24.0. The molecular weight excluding hydrogens is 452 g/mol. The molecule has 0 saturated heterocycles. The Kier molecular flexibility index (Phi) is 7.04. The minimum absolute atomic E-state index is 0.0558. The molecular formula is C22H20N2O8S. The van der Waals surface area contributed by atoms with E-state index in [1.807, 2.05) is 0 Å². The van der Waals surface area contributed by atoms with Crippen LogP contribution >= 0.6 is 0 Å². The van der Waals surface area contributed by atoms with Crippen LogP contribution in [0.15, 0.2) is 70.2 Å². The van der Waals surface area contributed by atoms with Gasteiger partial charge in [0.05, 0.1) is 26.2 Å². The number of ether oxygens (including phenoxy) is 2. The number of rotatable bonds is 9. The van der Waals surface area contributed by atoms with Crippen LogP contribution in [0, 0.1) is 0 Å². The summed E-state index contributed by atoms with van der Waals surface area (Å²) in [6.45, 7) is 0. The fraction of sp³-hybridized carbons (Fsp3) is 0.0909. The lowest BCUT2D eigenvalue weighted by Crippen LogP contribution is -2.15. The molecule has 0 aliphatic rings. The van der Waals surface area contributed by atoms with Gasteiger partial charge in [0.1, 0.15) is 4.90 Å². The van der Waals surface area contributed by atoms with E-state index < -0.39 is 21.9 Å². The Hall–Kier alpha value is -4.25. The summed E-state index contributed by atoms with van der Waals surface area (Å²) in [7, 11) is -1.59. The lowest BCUT2D eigenvalue weighted by atomic mass is 10.2. The summed E-state index contributed by atoms with van der Waals surface area (Å²) in [6.07, 6.45) is 3.46. The van der Waals surface area contributed by atoms with Crippen molar-refractivity contribution in [1.82, 2.24) is 0 Å². The molecule has 3 rings (SSSR count). The summed E-state index contributed by atoms with van der Waals surface area (Å²) in [5.41, 5.74) is 0.772. The van der Waals surface area contributed by atoms with Crippen molar-refractivity contribution in [2.24, 2.45) is 0 Å². The number of amides is 1. The smallest absolute Gasteiger partial charge is 0.328 e. The molecule has 0 saturated carbocycles. The summed E-state index contributed by atoms with van der Waals surface area (Å²) < 4.78 is 44.3. The maximum Gasteiger partial charge on any atom is 0.328 e. The van der Waals surface area contributed by atoms with Crippen molar-refractivity contribution in [3.05, 3.63) is 72.2 Å². The first kappa shape index (κ1) is 23.4. The molecule has 0 fully saturated rings. The first-order valence-corrected chi connectivity index (χ1v) is 10.9. The minimum atomic E-state index is -4.21. The van der Waals surface area contributed by atoms with Crippen LogP contribution in [-0.4, -0.2) is 39.6 Å². The van der Waals surface area contributed by atoms with Crippen molar-refractivity contribution in [3.63, 3.8) is 0 Å². The largest absolute Gasteiger partial charge is 0.493 e. The number of carbonyl (C=O) groups excluding carboxylic acids is 1. The molecule has 2 aromatic carbocycles. The summed E-state index contributed by atoms with van der Waals surface area (Å²) in [5, 5.41) is 11.5. The number of furan rings is 1. The van der Waals surface area contributed by atoms with Gasteiger partial charge in [-0.1, -0.05) is 6.07 Å². The molecule has 1 amide bonds. The number of carboxylic acid groups (broad SMARTS) is 1. The molecule has 0 atom stereocenters. The summed E-state index contributed by atoms with van der Waals surface area (Å²) in [6, 6.07) is 11.8. The molecule has 11 heteroatoms. The number of anilines is 2. The molecule has 0 unspecified atom stereocenters. The molecule has 0 spiro atoms. The fourth-order valence-corrected chi connectivity index (χ4v) is 4.15. The van der Waals surface area contributed by atoms with Gasteiger partial charge >= 0.3 is 5.97 Å². The molecule has 0 aliphatic heterocycles. The van der Waals surface area contributed by atoms with E-state index in [-0.39, 0.29) is 33.4 Å². The molecule has 172 valence electrons. The first-order chi connectivity index (χ1) is 15.7. The van der Waals surface area contributed by atoms with Crippen LogP contribution in [-0.2, 0) is 14.8 Å². The number of hydrogen-bond donors (Lipinski definition) is 3. The molecule has 10 nitrogen and oxygen atoms in total. The fourth-order valence-electron chi connectivity index (χ4n) is 2.88. The van der Waals surface area contributed by atoms with Gasteiger partial charge in [0.15, 0.2) is 17.3 Å². The maximum absolute atomic E-state index is 13.2. The second-order valence-corrected chi connectivity index (χ2v) is 8.19. The molecule has 1 aromatic heterocycles. The third kappa shape index (κ3) is 5.71. The van der Waals surface area contributed by atoms with Crippen LogP contribution in [0.3, 0.4) is 0 Å². The van der Waals surface area contributed by atoms with Gasteiger partial charge in [-0.15, -0.1) is 0 Å². The highest BCUT2D eigenvalue weighted by molar-refractivity contribution is 7.92. The van der Waals surface area contributed by atoms with Gasteiger partial charge < -0.3 is 24.3 Å². The average Bonchev–Trinajstić information content (AvgIpc) is 3.32. The first-order valence-electron chi connectivity index (χ1n) is 9.38. The van der Waals surface area contributed by atoms with Gasteiger partial charge in [0.25, 0.3) is 15.9 Å². The topological polar surface area (TPSA) is 144 Å². The molecule has 1 heterocycles. The number of nitrogens with one attached hydrogen (secondary N) is 2. The summed E-state index contributed by atoms with van der Waals surface area (Å²) in [5.74, 6) is -1.54. The monoisotopic (exact) mass is 472 g/mol. The molecule has 0 aliphatic carbocycles. The Balaban J connectivity index is 1.93. The van der Waals surface area contributed by atoms with Gasteiger partial charge in [-0.2, -0.15) is 0 Å². The summed E-state index contributed by atoms with van der Waals surface area (Å²) in [4.78, 5) is 22.8. The van der Waals surface area contributed by atoms with Crippen molar-refractivity contribution in [2.45, 2.75) is 4.90 Å². The van der Waals surface area contributed by atoms with Crippen LogP contribution < -0.4 is 19.5 Å². The predicted molar refractivity (Wildman–Crippen MR) is 120 cm³/mol. The van der Waals surface area contributed by atoms with E-state index >= 15 is 0 Å². The standard InChI is InChI=1S/C22H20N2O8S/c1-30-18-11-14(8-9-20(25)26)12-19(21(18)31-2)33(28,29)24-16-6-3-5-15(13-16)23-22(27)17-7-4-10-32-17/h3-13,24H,1-2H3,(H,23,27)(H,25,26)/b9-8+. The van der Waals surface area contributed by atoms with Gasteiger partial charge in [0.2, 0.25) is 0 Å². The number of benzene rings is 2. The van der Waals surface area contributed by atoms with E-state index in [2.05, 4.69) is 10.0 Å². The minimum Gasteiger partial charge on any atom is -0.493 e. The van der Waals surface area contributed by atoms with Crippen LogP contribution in [0.4, 0.5) is 11.4 Å². The van der Waals surface area contributed by atoms with Gasteiger partial charge in [0, 0.05) is 11.8 Å². The van der Waals surface area contributed by atoms with Crippen molar-refractivity contribution < 1.29 is 37.0 Å². The number of aliphatic carboxylic acids is 1. The zero-order valence-electron chi connectivity index (χ0n) is 17.6. The SMILES string of the molecule is COc1cc(/C=C/C(=O)O)cc(S(=O)(=O)Nc2cccc(NC(=O)c3ccco3)c2)c1OC. The van der Waals surface area contributed by atoms with Crippen molar-refractivity contribution in [3.8, 4) is 11.5 Å². The number of carboxylic acids is 1. The van der Waals surface area contributed by atoms with Crippen molar-refractivity contribution >= 4 is 39.4 Å². The van der Waals surface area contributed by atoms with Crippen LogP contribution in [0.2, 0.25) is 0 Å². The third-order valence-corrected chi connectivity index (χ3v) is 5.68. The van der Waals surface area contributed by atoms with Gasteiger partial charge in [-0.3, -0.25) is 9.52 Å². The molecule has 0 radical (unpaired) electrons. The third-order valence-electron chi connectivity index (χ3n) is 4.29. The van der Waals surface area contributed by atoms with Gasteiger partial charge in [-0.25, -0.2) is 13.2 Å². The Morgan fingerprint density at radius 3 is 2.42 bits per heavy atom. The molecule has 33 heavy (non-hydrogen) atoms. The molecule has 0 bridgehead atoms. The lowest BCUT2D eigenvalue weighted by Gasteiger charge is -2.16. The van der Waals surface area contributed by atoms with Crippen molar-refractivity contribution in [1.29, 1.82) is 0 Å². The second kappa shape index (κ2) is 9.92. The zero-order valence-corrected chi connectivity index (χ0v) is 18.4. The van der Waals surface area contributed by atoms with E-state index in [1.165, 1.54) is 56.9 Å². The number of sulfonamides is 1. The maximum atomic E-state index is 13.2. The van der Waals surface area contributed by atoms with E-state index in [0.717, 1.165) is 6.08 Å². The second-order valence-electron chi connectivity index (χ2n) is 6.54. The Bertz CT molecular complexity index is 1300. The van der Waals surface area contributed by atoms with Crippen LogP contribution in [0.5, 0.6) is 11.5 Å². The average molecular weight is 472 g/mol. The predicted octanol–water partition coefficient (Wildman–Crippen LogP) is 3.45. The van der Waals surface area contributed by atoms with E-state index in [4.69, 9.17) is 19.0 Å². The number of carbonyl (C=O) groups is 2. The van der Waals surface area contributed by atoms with Crippen LogP contribution in [0.25, 0.3) is 6.08 Å². The normalized spacial score (nSPS) is 11.2. The van der Waals surface area contributed by atoms with E-state index in [1.54, 1.807) is 18.2 Å². The van der Waals surface area contributed by atoms with Crippen LogP contribution in [0.1, 0.15) is 16.1 Å². The van der Waals surface area contributed by atoms with Gasteiger partial charge in [-0.05, 0) is 54.1 Å². The highest BCUT2D eigenvalue weighted by Gasteiger charge is 2.24. The quantitative estimate of drug-likeness (QED) is 0.402. The highest BCUT2D eigenvalue weighted by Crippen LogP contribution is 2.37. The van der Waals surface area contributed by atoms with E-state index in [0.29, 0.717) is 5.69 Å². The van der Waals surface area contributed by atoms with Crippen molar-refractivity contribution in [2.75, 3.05) is 24.3 Å². The molecule has 3 N–H and O–H groups in total. The number of hydrogen-bond acceptors (Lipinski definition) is 7. The highest BCUT2D eigenvalue weighted by atomic mass is 32.2. The van der Waals surface area contributed by atoms with E-state index in [9.17, 15) is 18.0 Å². The lowest BCUT2D eigenvalue weighted by molar-refractivity contribution is -0.131.